The Labute approximate surface area is 226 Å². The third-order valence-corrected chi connectivity index (χ3v) is 8.18. The Balaban J connectivity index is 1.47. The number of halogens is 3. The van der Waals surface area contributed by atoms with Gasteiger partial charge < -0.3 is 10.2 Å². The van der Waals surface area contributed by atoms with Gasteiger partial charge in [0.15, 0.2) is 17.2 Å². The molecule has 0 aliphatic carbocycles. The Morgan fingerprint density at radius 2 is 1.67 bits per heavy atom. The van der Waals surface area contributed by atoms with Crippen LogP contribution in [0, 0.1) is 17.5 Å². The van der Waals surface area contributed by atoms with Crippen molar-refractivity contribution in [1.82, 2.24) is 19.3 Å². The molecule has 210 valence electrons. The molecule has 2 aromatic carbocycles. The number of carbonyl (C=O) groups excluding carboxylic acids is 2. The normalized spacial score (nSPS) is 15.9. The Morgan fingerprint density at radius 3 is 2.33 bits per heavy atom. The standard InChI is InChI=1S/C24H26F3N5O5S2/c1-39(35,36)30-6-8-31(22(33)12-16(28)10-15-11-18(26)19(27)13-17(15)25)32(9-7-30)23(34)14-38-24-29-20-4-2-3-5-21(20)37-24/h2-5,11,13,16H,6-10,12,14,28H2,1H3/t16-/m1/s1. The molecule has 0 unspecified atom stereocenters. The first-order valence-corrected chi connectivity index (χ1v) is 14.7. The minimum Gasteiger partial charge on any atom is -0.431 e. The predicted molar refractivity (Wildman–Crippen MR) is 137 cm³/mol. The van der Waals surface area contributed by atoms with Gasteiger partial charge in [-0.15, -0.1) is 0 Å². The second kappa shape index (κ2) is 11.9. The number of carbonyl (C=O) groups is 2. The van der Waals surface area contributed by atoms with Crippen molar-refractivity contribution >= 4 is 44.7 Å². The summed E-state index contributed by atoms with van der Waals surface area (Å²) in [5.74, 6) is -4.84. The van der Waals surface area contributed by atoms with Crippen LogP contribution in [0.2, 0.25) is 0 Å². The second-order valence-corrected chi connectivity index (χ2v) is 11.9. The first kappa shape index (κ1) is 28.9. The van der Waals surface area contributed by atoms with Gasteiger partial charge in [-0.2, -0.15) is 4.31 Å². The molecule has 15 heteroatoms. The number of amides is 2. The number of aromatic nitrogens is 1. The number of hydrazine groups is 1. The zero-order valence-electron chi connectivity index (χ0n) is 20.8. The van der Waals surface area contributed by atoms with Gasteiger partial charge in [0.05, 0.1) is 25.1 Å². The highest BCUT2D eigenvalue weighted by Gasteiger charge is 2.33. The lowest BCUT2D eigenvalue weighted by Crippen LogP contribution is -2.52. The fourth-order valence-electron chi connectivity index (χ4n) is 4.13. The molecule has 4 rings (SSSR count). The maximum Gasteiger partial charge on any atom is 0.257 e. The predicted octanol–water partition coefficient (Wildman–Crippen LogP) is 2.14. The number of oxazole rings is 1. The maximum atomic E-state index is 14.1. The lowest BCUT2D eigenvalue weighted by Gasteiger charge is -2.33. The van der Waals surface area contributed by atoms with E-state index in [2.05, 4.69) is 4.98 Å². The molecule has 3 aromatic rings. The van der Waals surface area contributed by atoms with Crippen molar-refractivity contribution in [2.45, 2.75) is 24.1 Å². The van der Waals surface area contributed by atoms with Crippen LogP contribution >= 0.6 is 11.8 Å². The third kappa shape index (κ3) is 7.09. The molecular formula is C24H26F3N5O5S2. The van der Waals surface area contributed by atoms with E-state index in [0.717, 1.165) is 32.3 Å². The lowest BCUT2D eigenvalue weighted by molar-refractivity contribution is -0.161. The van der Waals surface area contributed by atoms with Gasteiger partial charge in [0, 0.05) is 31.6 Å². The Morgan fingerprint density at radius 1 is 1.03 bits per heavy atom. The van der Waals surface area contributed by atoms with Crippen LogP contribution in [-0.2, 0) is 26.0 Å². The molecule has 1 saturated heterocycles. The third-order valence-electron chi connectivity index (χ3n) is 6.06. The van der Waals surface area contributed by atoms with E-state index >= 15 is 0 Å². The quantitative estimate of drug-likeness (QED) is 0.315. The monoisotopic (exact) mass is 585 g/mol. The molecule has 1 atom stereocenters. The van der Waals surface area contributed by atoms with Gasteiger partial charge in [0.1, 0.15) is 11.3 Å². The number of fused-ring (bicyclic) bond motifs is 1. The Bertz CT molecular complexity index is 1450. The van der Waals surface area contributed by atoms with Crippen LogP contribution in [0.15, 0.2) is 46.0 Å². The highest BCUT2D eigenvalue weighted by molar-refractivity contribution is 7.99. The van der Waals surface area contributed by atoms with Crippen molar-refractivity contribution in [2.24, 2.45) is 5.73 Å². The number of benzene rings is 2. The zero-order valence-corrected chi connectivity index (χ0v) is 22.5. The van der Waals surface area contributed by atoms with Crippen LogP contribution in [0.1, 0.15) is 12.0 Å². The van der Waals surface area contributed by atoms with E-state index < -0.39 is 45.3 Å². The van der Waals surface area contributed by atoms with Gasteiger partial charge in [0.2, 0.25) is 15.9 Å². The number of thioether (sulfide) groups is 1. The summed E-state index contributed by atoms with van der Waals surface area (Å²) in [6.45, 7) is -0.316. The number of nitrogens with zero attached hydrogens (tertiary/aromatic N) is 4. The van der Waals surface area contributed by atoms with Crippen LogP contribution in [-0.4, -0.2) is 83.8 Å². The lowest BCUT2D eigenvalue weighted by atomic mass is 10.0. The molecule has 1 aromatic heterocycles. The number of hydrogen-bond donors (Lipinski definition) is 1. The largest absolute Gasteiger partial charge is 0.431 e. The fraction of sp³-hybridized carbons (Fsp3) is 0.375. The molecule has 2 amide bonds. The molecule has 0 spiro atoms. The topological polar surface area (TPSA) is 130 Å². The van der Waals surface area contributed by atoms with E-state index in [4.69, 9.17) is 10.2 Å². The first-order valence-electron chi connectivity index (χ1n) is 11.9. The van der Waals surface area contributed by atoms with E-state index in [0.29, 0.717) is 23.2 Å². The van der Waals surface area contributed by atoms with Crippen molar-refractivity contribution < 1.29 is 35.6 Å². The van der Waals surface area contributed by atoms with Crippen LogP contribution in [0.25, 0.3) is 11.1 Å². The van der Waals surface area contributed by atoms with Crippen molar-refractivity contribution in [3.8, 4) is 0 Å². The molecule has 0 radical (unpaired) electrons. The molecule has 1 aliphatic rings. The van der Waals surface area contributed by atoms with E-state index in [9.17, 15) is 31.2 Å². The number of hydrogen-bond acceptors (Lipinski definition) is 8. The van der Waals surface area contributed by atoms with E-state index in [-0.39, 0.29) is 55.6 Å². The summed E-state index contributed by atoms with van der Waals surface area (Å²) in [6.07, 6.45) is 0.408. The van der Waals surface area contributed by atoms with Crippen LogP contribution in [0.5, 0.6) is 0 Å². The van der Waals surface area contributed by atoms with Crippen molar-refractivity contribution in [3.05, 3.63) is 59.4 Å². The molecule has 0 saturated carbocycles. The molecular weight excluding hydrogens is 559 g/mol. The second-order valence-electron chi connectivity index (χ2n) is 8.96. The molecule has 39 heavy (non-hydrogen) atoms. The van der Waals surface area contributed by atoms with Crippen LogP contribution < -0.4 is 5.73 Å². The molecule has 1 aliphatic heterocycles. The van der Waals surface area contributed by atoms with Crippen molar-refractivity contribution in [2.75, 3.05) is 38.2 Å². The van der Waals surface area contributed by atoms with Crippen molar-refractivity contribution in [3.63, 3.8) is 0 Å². The van der Waals surface area contributed by atoms with E-state index in [1.165, 1.54) is 0 Å². The summed E-state index contributed by atoms with van der Waals surface area (Å²) in [7, 11) is -3.60. The van der Waals surface area contributed by atoms with Gasteiger partial charge in [-0.05, 0) is 30.2 Å². The van der Waals surface area contributed by atoms with Gasteiger partial charge >= 0.3 is 0 Å². The average Bonchev–Trinajstić information content (AvgIpc) is 3.13. The average molecular weight is 586 g/mol. The zero-order chi connectivity index (χ0) is 28.3. The number of rotatable bonds is 8. The van der Waals surface area contributed by atoms with E-state index in [1.54, 1.807) is 24.3 Å². The highest BCUT2D eigenvalue weighted by Crippen LogP contribution is 2.24. The number of para-hydroxylation sites is 2. The molecule has 10 nitrogen and oxygen atoms in total. The smallest absolute Gasteiger partial charge is 0.257 e. The minimum atomic E-state index is -3.60. The Kier molecular flexibility index (Phi) is 8.83. The van der Waals surface area contributed by atoms with Crippen LogP contribution in [0.3, 0.4) is 0 Å². The summed E-state index contributed by atoms with van der Waals surface area (Å²) >= 11 is 1.02. The molecule has 2 N–H and O–H groups in total. The Hall–Kier alpha value is -3.14. The summed E-state index contributed by atoms with van der Waals surface area (Å²) in [5.41, 5.74) is 7.01. The van der Waals surface area contributed by atoms with Gasteiger partial charge in [-0.3, -0.25) is 14.6 Å². The van der Waals surface area contributed by atoms with E-state index in [1.807, 2.05) is 0 Å². The van der Waals surface area contributed by atoms with Crippen LogP contribution in [0.4, 0.5) is 13.2 Å². The first-order chi connectivity index (χ1) is 18.4. The number of nitrogens with two attached hydrogens (primary N) is 1. The summed E-state index contributed by atoms with van der Waals surface area (Å²) in [5, 5.41) is 2.54. The summed E-state index contributed by atoms with van der Waals surface area (Å²) in [6, 6.07) is 7.18. The summed E-state index contributed by atoms with van der Waals surface area (Å²) in [4.78, 5) is 30.8. The molecule has 1 fully saturated rings. The van der Waals surface area contributed by atoms with Gasteiger partial charge in [-0.1, -0.05) is 23.9 Å². The van der Waals surface area contributed by atoms with Gasteiger partial charge in [0.25, 0.3) is 11.1 Å². The number of sulfonamides is 1. The van der Waals surface area contributed by atoms with Crippen molar-refractivity contribution in [1.29, 1.82) is 0 Å². The maximum absolute atomic E-state index is 14.1. The minimum absolute atomic E-state index is 0.0337. The summed E-state index contributed by atoms with van der Waals surface area (Å²) < 4.78 is 71.9. The molecule has 0 bridgehead atoms. The van der Waals surface area contributed by atoms with Gasteiger partial charge in [-0.25, -0.2) is 31.6 Å². The SMILES string of the molecule is CS(=O)(=O)N1CCN(C(=O)CSc2nc3ccccc3o2)N(C(=O)C[C@H](N)Cc2cc(F)c(F)cc2F)CC1. The molecule has 2 heterocycles. The fourth-order valence-corrected chi connectivity index (χ4v) is 5.67. The highest BCUT2D eigenvalue weighted by atomic mass is 32.2.